The molecule has 0 aliphatic rings. The first-order valence-electron chi connectivity index (χ1n) is 9.99. The zero-order valence-corrected chi connectivity index (χ0v) is 18.9. The Morgan fingerprint density at radius 3 is 1.09 bits per heavy atom. The third kappa shape index (κ3) is 6.66. The van der Waals surface area contributed by atoms with E-state index in [0.29, 0.717) is 0 Å². The van der Waals surface area contributed by atoms with Gasteiger partial charge in [-0.05, 0) is 47.2 Å². The molecule has 8 heteroatoms. The normalized spacial score (nSPS) is 12.3. The zero-order chi connectivity index (χ0) is 24.0. The molecule has 0 amide bonds. The highest BCUT2D eigenvalue weighted by Crippen LogP contribution is 2.39. The second-order valence-corrected chi connectivity index (χ2v) is 7.36. The number of rotatable bonds is 7. The lowest BCUT2D eigenvalue weighted by Crippen LogP contribution is -2.11. The molecule has 2 unspecified atom stereocenters. The number of carbonyl (C=O) groups excluding carboxylic acids is 4. The first-order valence-corrected chi connectivity index (χ1v) is 9.99. The van der Waals surface area contributed by atoms with Gasteiger partial charge in [-0.2, -0.15) is 0 Å². The van der Waals surface area contributed by atoms with Crippen LogP contribution in [0.3, 0.4) is 0 Å². The van der Waals surface area contributed by atoms with Gasteiger partial charge < -0.3 is 18.9 Å². The van der Waals surface area contributed by atoms with Crippen LogP contribution in [0.1, 0.15) is 64.5 Å². The highest BCUT2D eigenvalue weighted by Gasteiger charge is 2.22. The second kappa shape index (κ2) is 10.6. The Morgan fingerprint density at radius 2 is 0.812 bits per heavy atom. The van der Waals surface area contributed by atoms with E-state index in [1.165, 1.54) is 27.7 Å². The fraction of sp³-hybridized carbons (Fsp3) is 0.333. The molecule has 0 heterocycles. The summed E-state index contributed by atoms with van der Waals surface area (Å²) >= 11 is 0. The molecule has 2 aromatic rings. The molecular formula is C24H26O8. The van der Waals surface area contributed by atoms with Crippen LogP contribution in [0.4, 0.5) is 0 Å². The average molecular weight is 442 g/mol. The molecule has 2 atom stereocenters. The molecular weight excluding hydrogens is 416 g/mol. The Kier molecular flexibility index (Phi) is 8.12. The number of ether oxygens (including phenoxy) is 4. The van der Waals surface area contributed by atoms with Crippen molar-refractivity contribution >= 4 is 23.9 Å². The summed E-state index contributed by atoms with van der Waals surface area (Å²) in [7, 11) is 0. The minimum Gasteiger partial charge on any atom is -0.423 e. The molecule has 0 aliphatic carbocycles. The maximum atomic E-state index is 11.5. The van der Waals surface area contributed by atoms with Gasteiger partial charge in [-0.1, -0.05) is 26.0 Å². The van der Waals surface area contributed by atoms with Crippen molar-refractivity contribution in [1.82, 2.24) is 0 Å². The van der Waals surface area contributed by atoms with E-state index in [-0.39, 0.29) is 34.8 Å². The average Bonchev–Trinajstić information content (AvgIpc) is 2.68. The third-order valence-electron chi connectivity index (χ3n) is 4.75. The van der Waals surface area contributed by atoms with E-state index in [1.807, 2.05) is 13.8 Å². The summed E-state index contributed by atoms with van der Waals surface area (Å²) in [5, 5.41) is 0. The highest BCUT2D eigenvalue weighted by atomic mass is 16.6. The fourth-order valence-corrected chi connectivity index (χ4v) is 3.14. The largest absolute Gasteiger partial charge is 0.423 e. The van der Waals surface area contributed by atoms with Crippen molar-refractivity contribution < 1.29 is 38.1 Å². The minimum absolute atomic E-state index is 0.0690. The summed E-state index contributed by atoms with van der Waals surface area (Å²) in [6.45, 7) is 9.00. The number of hydrogen-bond acceptors (Lipinski definition) is 8. The molecule has 170 valence electrons. The van der Waals surface area contributed by atoms with E-state index in [4.69, 9.17) is 18.9 Å². The Bertz CT molecular complexity index is 957. The van der Waals surface area contributed by atoms with Gasteiger partial charge in [0, 0.05) is 27.7 Å². The van der Waals surface area contributed by atoms with Gasteiger partial charge >= 0.3 is 23.9 Å². The van der Waals surface area contributed by atoms with Crippen LogP contribution in [0.2, 0.25) is 0 Å². The Balaban J connectivity index is 2.39. The lowest BCUT2D eigenvalue weighted by Gasteiger charge is -2.23. The van der Waals surface area contributed by atoms with Gasteiger partial charge in [-0.25, -0.2) is 0 Å². The molecule has 8 nitrogen and oxygen atoms in total. The van der Waals surface area contributed by atoms with Crippen molar-refractivity contribution in [2.45, 2.75) is 53.4 Å². The fourth-order valence-electron chi connectivity index (χ4n) is 3.14. The standard InChI is InChI=1S/C24H26O8/c1-13(19-7-9-21(29-15(3)25)23(11-19)31-17(5)27)14(2)20-8-10-22(30-16(4)26)24(12-20)32-18(6)28/h7-14H,1-6H3. The molecule has 32 heavy (non-hydrogen) atoms. The van der Waals surface area contributed by atoms with E-state index in [1.54, 1.807) is 36.4 Å². The maximum absolute atomic E-state index is 11.5. The Labute approximate surface area is 186 Å². The van der Waals surface area contributed by atoms with Crippen LogP contribution in [-0.2, 0) is 19.2 Å². The van der Waals surface area contributed by atoms with E-state index in [0.717, 1.165) is 11.1 Å². The van der Waals surface area contributed by atoms with Crippen molar-refractivity contribution in [1.29, 1.82) is 0 Å². The smallest absolute Gasteiger partial charge is 0.308 e. The lowest BCUT2D eigenvalue weighted by atomic mass is 9.84. The number of carbonyl (C=O) groups is 4. The topological polar surface area (TPSA) is 105 Å². The Morgan fingerprint density at radius 1 is 0.531 bits per heavy atom. The number of esters is 4. The van der Waals surface area contributed by atoms with Crippen LogP contribution < -0.4 is 18.9 Å². The van der Waals surface area contributed by atoms with Gasteiger partial charge in [0.2, 0.25) is 0 Å². The Hall–Kier alpha value is -3.68. The number of benzene rings is 2. The quantitative estimate of drug-likeness (QED) is 0.462. The van der Waals surface area contributed by atoms with Gasteiger partial charge in [0.15, 0.2) is 23.0 Å². The zero-order valence-electron chi connectivity index (χ0n) is 18.9. The molecule has 0 N–H and O–H groups in total. The molecule has 0 aromatic heterocycles. The highest BCUT2D eigenvalue weighted by molar-refractivity contribution is 5.74. The second-order valence-electron chi connectivity index (χ2n) is 7.36. The van der Waals surface area contributed by atoms with Crippen molar-refractivity contribution in [2.75, 3.05) is 0 Å². The van der Waals surface area contributed by atoms with Crippen LogP contribution in [0.25, 0.3) is 0 Å². The van der Waals surface area contributed by atoms with E-state index in [9.17, 15) is 19.2 Å². The predicted molar refractivity (Wildman–Crippen MR) is 115 cm³/mol. The van der Waals surface area contributed by atoms with E-state index in [2.05, 4.69) is 0 Å². The van der Waals surface area contributed by atoms with E-state index >= 15 is 0 Å². The van der Waals surface area contributed by atoms with Gasteiger partial charge in [-0.3, -0.25) is 19.2 Å². The van der Waals surface area contributed by atoms with Crippen LogP contribution in [0.15, 0.2) is 36.4 Å². The molecule has 0 fully saturated rings. The SMILES string of the molecule is CC(=O)Oc1ccc(C(C)C(C)c2ccc(OC(C)=O)c(OC(C)=O)c2)cc1OC(C)=O. The molecule has 0 aliphatic heterocycles. The first kappa shape index (κ1) is 24.6. The first-order chi connectivity index (χ1) is 15.0. The summed E-state index contributed by atoms with van der Waals surface area (Å²) in [5.74, 6) is -1.67. The van der Waals surface area contributed by atoms with Gasteiger partial charge in [0.1, 0.15) is 0 Å². The molecule has 0 spiro atoms. The number of hydrogen-bond donors (Lipinski definition) is 0. The predicted octanol–water partition coefficient (Wildman–Crippen LogP) is 4.30. The lowest BCUT2D eigenvalue weighted by molar-refractivity contribution is -0.134. The van der Waals surface area contributed by atoms with Gasteiger partial charge in [0.05, 0.1) is 0 Å². The molecule has 2 rings (SSSR count). The molecule has 0 radical (unpaired) electrons. The van der Waals surface area contributed by atoms with Crippen molar-refractivity contribution in [3.05, 3.63) is 47.5 Å². The summed E-state index contributed by atoms with van der Waals surface area (Å²) < 4.78 is 20.7. The van der Waals surface area contributed by atoms with Crippen molar-refractivity contribution in [2.24, 2.45) is 0 Å². The summed E-state index contributed by atoms with van der Waals surface area (Å²) in [6, 6.07) is 10.0. The molecule has 0 saturated heterocycles. The van der Waals surface area contributed by atoms with Crippen molar-refractivity contribution in [3.8, 4) is 23.0 Å². The van der Waals surface area contributed by atoms with E-state index < -0.39 is 23.9 Å². The van der Waals surface area contributed by atoms with Gasteiger partial charge in [0.25, 0.3) is 0 Å². The summed E-state index contributed by atoms with van der Waals surface area (Å²) in [4.78, 5) is 45.6. The van der Waals surface area contributed by atoms with Crippen LogP contribution in [0, 0.1) is 0 Å². The third-order valence-corrected chi connectivity index (χ3v) is 4.75. The monoisotopic (exact) mass is 442 g/mol. The van der Waals surface area contributed by atoms with Gasteiger partial charge in [-0.15, -0.1) is 0 Å². The minimum atomic E-state index is -0.539. The summed E-state index contributed by atoms with van der Waals surface area (Å²) in [5.41, 5.74) is 1.67. The molecule has 2 aromatic carbocycles. The molecule has 0 saturated carbocycles. The summed E-state index contributed by atoms with van der Waals surface area (Å²) in [6.07, 6.45) is 0. The van der Waals surface area contributed by atoms with Crippen LogP contribution in [0.5, 0.6) is 23.0 Å². The maximum Gasteiger partial charge on any atom is 0.308 e. The van der Waals surface area contributed by atoms with Crippen molar-refractivity contribution in [3.63, 3.8) is 0 Å². The molecule has 0 bridgehead atoms. The van der Waals surface area contributed by atoms with Crippen LogP contribution >= 0.6 is 0 Å². The van der Waals surface area contributed by atoms with Crippen LogP contribution in [-0.4, -0.2) is 23.9 Å².